The van der Waals surface area contributed by atoms with Gasteiger partial charge in [-0.25, -0.2) is 9.97 Å². The van der Waals surface area contributed by atoms with Gasteiger partial charge in [0, 0.05) is 13.2 Å². The summed E-state index contributed by atoms with van der Waals surface area (Å²) >= 11 is 1.47. The third-order valence-electron chi connectivity index (χ3n) is 5.20. The average Bonchev–Trinajstić information content (AvgIpc) is 3.16. The van der Waals surface area contributed by atoms with E-state index < -0.39 is 0 Å². The van der Waals surface area contributed by atoms with Gasteiger partial charge in [0.15, 0.2) is 11.0 Å². The summed E-state index contributed by atoms with van der Waals surface area (Å²) in [7, 11) is 1.67. The number of rotatable bonds is 10. The van der Waals surface area contributed by atoms with Crippen molar-refractivity contribution >= 4 is 34.4 Å². The zero-order valence-electron chi connectivity index (χ0n) is 19.0. The SMILES string of the molecule is CCOc1ccc2[nH+]c(SCC(=O)N(c3c(C)cccc3CC)C(C)COC)[nH]c2c1. The number of carbonyl (C=O) groups is 1. The molecule has 0 saturated carbocycles. The minimum absolute atomic E-state index is 0.0561. The Labute approximate surface area is 188 Å². The topological polar surface area (TPSA) is 68.7 Å². The van der Waals surface area contributed by atoms with E-state index in [0.717, 1.165) is 39.6 Å². The Morgan fingerprint density at radius 2 is 2.06 bits per heavy atom. The Kier molecular flexibility index (Phi) is 7.98. The summed E-state index contributed by atoms with van der Waals surface area (Å²) in [5.41, 5.74) is 5.21. The molecule has 1 aromatic heterocycles. The molecule has 31 heavy (non-hydrogen) atoms. The summed E-state index contributed by atoms with van der Waals surface area (Å²) in [5.74, 6) is 1.19. The maximum absolute atomic E-state index is 13.4. The van der Waals surface area contributed by atoms with E-state index in [-0.39, 0.29) is 11.9 Å². The highest BCUT2D eigenvalue weighted by Gasteiger charge is 2.26. The zero-order valence-corrected chi connectivity index (χ0v) is 19.8. The van der Waals surface area contributed by atoms with Gasteiger partial charge in [0.1, 0.15) is 5.75 Å². The molecule has 2 N–H and O–H groups in total. The molecule has 0 bridgehead atoms. The molecule has 2 aromatic carbocycles. The van der Waals surface area contributed by atoms with Crippen molar-refractivity contribution in [2.24, 2.45) is 0 Å². The molecule has 1 heterocycles. The normalized spacial score (nSPS) is 12.2. The number of aromatic amines is 2. The molecule has 1 atom stereocenters. The van der Waals surface area contributed by atoms with Gasteiger partial charge >= 0.3 is 5.16 Å². The Morgan fingerprint density at radius 1 is 1.26 bits per heavy atom. The first-order valence-electron chi connectivity index (χ1n) is 10.7. The minimum atomic E-state index is -0.0649. The van der Waals surface area contributed by atoms with E-state index >= 15 is 0 Å². The van der Waals surface area contributed by atoms with Crippen LogP contribution in [0.2, 0.25) is 0 Å². The summed E-state index contributed by atoms with van der Waals surface area (Å²) in [5, 5.41) is 0.844. The van der Waals surface area contributed by atoms with Crippen LogP contribution in [0.25, 0.3) is 11.0 Å². The van der Waals surface area contributed by atoms with Crippen LogP contribution in [0, 0.1) is 6.92 Å². The van der Waals surface area contributed by atoms with Crippen molar-refractivity contribution < 1.29 is 19.3 Å². The second kappa shape index (κ2) is 10.7. The fourth-order valence-electron chi connectivity index (χ4n) is 3.80. The Bertz CT molecular complexity index is 1030. The fraction of sp³-hybridized carbons (Fsp3) is 0.417. The molecular weight excluding hydrogens is 410 g/mol. The number of thioether (sulfide) groups is 1. The number of benzene rings is 2. The lowest BCUT2D eigenvalue weighted by Gasteiger charge is -2.32. The number of imidazole rings is 1. The molecule has 7 heteroatoms. The quantitative estimate of drug-likeness (QED) is 0.472. The number of fused-ring (bicyclic) bond motifs is 1. The highest BCUT2D eigenvalue weighted by molar-refractivity contribution is 7.99. The van der Waals surface area contributed by atoms with Gasteiger partial charge in [-0.15, -0.1) is 0 Å². The first kappa shape index (κ1) is 23.2. The van der Waals surface area contributed by atoms with Gasteiger partial charge in [0.2, 0.25) is 5.91 Å². The van der Waals surface area contributed by atoms with Gasteiger partial charge in [-0.2, -0.15) is 0 Å². The number of aromatic nitrogens is 2. The molecule has 166 valence electrons. The van der Waals surface area contributed by atoms with E-state index in [1.54, 1.807) is 7.11 Å². The van der Waals surface area contributed by atoms with Crippen molar-refractivity contribution in [3.63, 3.8) is 0 Å². The van der Waals surface area contributed by atoms with E-state index in [1.165, 1.54) is 17.3 Å². The number of ether oxygens (including phenoxy) is 2. The lowest BCUT2D eigenvalue weighted by Crippen LogP contribution is -2.43. The van der Waals surface area contributed by atoms with Gasteiger partial charge in [-0.1, -0.05) is 25.1 Å². The number of nitrogens with one attached hydrogen (secondary N) is 2. The van der Waals surface area contributed by atoms with Crippen LogP contribution in [-0.2, 0) is 16.0 Å². The Balaban J connectivity index is 1.82. The number of nitrogens with zero attached hydrogens (tertiary/aromatic N) is 1. The molecule has 0 aliphatic rings. The van der Waals surface area contributed by atoms with E-state index in [9.17, 15) is 4.79 Å². The maximum atomic E-state index is 13.4. The second-order valence-corrected chi connectivity index (χ2v) is 8.50. The average molecular weight is 443 g/mol. The molecule has 0 fully saturated rings. The summed E-state index contributed by atoms with van der Waals surface area (Å²) in [6, 6.07) is 12.0. The van der Waals surface area contributed by atoms with Crippen LogP contribution in [0.5, 0.6) is 5.75 Å². The summed E-state index contributed by atoms with van der Waals surface area (Å²) in [6.07, 6.45) is 0.867. The third kappa shape index (κ3) is 5.40. The van der Waals surface area contributed by atoms with Crippen LogP contribution in [0.1, 0.15) is 31.9 Å². The van der Waals surface area contributed by atoms with E-state index in [2.05, 4.69) is 35.9 Å². The van der Waals surface area contributed by atoms with Crippen molar-refractivity contribution in [1.29, 1.82) is 0 Å². The number of amides is 1. The zero-order chi connectivity index (χ0) is 22.4. The highest BCUT2D eigenvalue weighted by atomic mass is 32.2. The molecule has 0 aliphatic heterocycles. The van der Waals surface area contributed by atoms with Crippen LogP contribution in [0.4, 0.5) is 5.69 Å². The van der Waals surface area contributed by atoms with Crippen LogP contribution in [0.3, 0.4) is 0 Å². The number of hydrogen-bond donors (Lipinski definition) is 1. The van der Waals surface area contributed by atoms with Gasteiger partial charge in [-0.3, -0.25) is 4.79 Å². The summed E-state index contributed by atoms with van der Waals surface area (Å²) in [6.45, 7) is 9.28. The number of anilines is 1. The molecule has 1 amide bonds. The van der Waals surface area contributed by atoms with E-state index in [0.29, 0.717) is 19.0 Å². The Morgan fingerprint density at radius 3 is 2.77 bits per heavy atom. The molecular formula is C24H32N3O3S+. The molecule has 3 rings (SSSR count). The van der Waals surface area contributed by atoms with E-state index in [1.807, 2.05) is 43.0 Å². The minimum Gasteiger partial charge on any atom is -0.494 e. The van der Waals surface area contributed by atoms with Crippen LogP contribution in [0.15, 0.2) is 41.6 Å². The first-order valence-corrected chi connectivity index (χ1v) is 11.7. The lowest BCUT2D eigenvalue weighted by molar-refractivity contribution is -0.396. The number of methoxy groups -OCH3 is 1. The second-order valence-electron chi connectivity index (χ2n) is 7.51. The first-order chi connectivity index (χ1) is 15.0. The molecule has 0 aliphatic carbocycles. The molecule has 0 spiro atoms. The van der Waals surface area contributed by atoms with Gasteiger partial charge in [-0.05, 0) is 62.2 Å². The monoisotopic (exact) mass is 442 g/mol. The van der Waals surface area contributed by atoms with E-state index in [4.69, 9.17) is 9.47 Å². The van der Waals surface area contributed by atoms with Crippen LogP contribution >= 0.6 is 11.8 Å². The van der Waals surface area contributed by atoms with Crippen molar-refractivity contribution in [1.82, 2.24) is 4.98 Å². The fourth-order valence-corrected chi connectivity index (χ4v) is 4.57. The van der Waals surface area contributed by atoms with Crippen molar-refractivity contribution in [3.8, 4) is 5.75 Å². The largest absolute Gasteiger partial charge is 0.494 e. The van der Waals surface area contributed by atoms with Crippen molar-refractivity contribution in [3.05, 3.63) is 47.5 Å². The standard InChI is InChI=1S/C24H31N3O3S/c1-6-18-10-8-9-16(3)23(18)27(17(4)14-29-5)22(28)15-31-24-25-20-12-11-19(30-7-2)13-21(20)26-24/h8-13,17H,6-7,14-15H2,1-5H3,(H,25,26)/p+1. The number of para-hydroxylation sites is 1. The van der Waals surface area contributed by atoms with Crippen LogP contribution in [-0.4, -0.2) is 43.0 Å². The number of hydrogen-bond acceptors (Lipinski definition) is 4. The third-order valence-corrected chi connectivity index (χ3v) is 6.08. The van der Waals surface area contributed by atoms with Gasteiger partial charge in [0.25, 0.3) is 0 Å². The molecule has 3 aromatic rings. The number of carbonyl (C=O) groups excluding carboxylic acids is 1. The summed E-state index contributed by atoms with van der Waals surface area (Å²) in [4.78, 5) is 22.0. The predicted octanol–water partition coefficient (Wildman–Crippen LogP) is 4.41. The van der Waals surface area contributed by atoms with Crippen molar-refractivity contribution in [2.45, 2.75) is 45.3 Å². The summed E-state index contributed by atoms with van der Waals surface area (Å²) < 4.78 is 10.9. The van der Waals surface area contributed by atoms with Crippen LogP contribution < -0.4 is 14.6 Å². The smallest absolute Gasteiger partial charge is 0.315 e. The molecule has 0 radical (unpaired) electrons. The number of aryl methyl sites for hydroxylation is 2. The molecule has 0 saturated heterocycles. The molecule has 6 nitrogen and oxygen atoms in total. The van der Waals surface area contributed by atoms with Crippen molar-refractivity contribution in [2.75, 3.05) is 31.0 Å². The lowest BCUT2D eigenvalue weighted by atomic mass is 10.0. The van der Waals surface area contributed by atoms with Gasteiger partial charge < -0.3 is 14.4 Å². The highest BCUT2D eigenvalue weighted by Crippen LogP contribution is 2.29. The van der Waals surface area contributed by atoms with Gasteiger partial charge in [0.05, 0.1) is 30.7 Å². The maximum Gasteiger partial charge on any atom is 0.315 e. The number of H-pyrrole nitrogens is 2. The predicted molar refractivity (Wildman–Crippen MR) is 126 cm³/mol. The Hall–Kier alpha value is -2.51. The molecule has 1 unspecified atom stereocenters.